The Bertz CT molecular complexity index is 1130. The van der Waals surface area contributed by atoms with E-state index in [0.717, 1.165) is 18.2 Å². The Morgan fingerprint density at radius 2 is 1.75 bits per heavy atom. The van der Waals surface area contributed by atoms with Crippen molar-refractivity contribution in [3.8, 4) is 0 Å². The Balaban J connectivity index is 1.84. The molecule has 0 spiro atoms. The highest BCUT2D eigenvalue weighted by atomic mass is 19.4. The summed E-state index contributed by atoms with van der Waals surface area (Å²) in [6.45, 7) is 3.42. The van der Waals surface area contributed by atoms with Gasteiger partial charge in [-0.1, -0.05) is 18.7 Å². The molecule has 1 aliphatic rings. The van der Waals surface area contributed by atoms with E-state index in [-0.39, 0.29) is 11.8 Å². The molecule has 0 aliphatic carbocycles. The fourth-order valence-electron chi connectivity index (χ4n) is 3.33. The van der Waals surface area contributed by atoms with E-state index in [1.165, 1.54) is 17.0 Å². The van der Waals surface area contributed by atoms with Crippen molar-refractivity contribution in [1.29, 1.82) is 0 Å². The molecule has 0 fully saturated rings. The van der Waals surface area contributed by atoms with Crippen LogP contribution < -0.4 is 10.2 Å². The third-order valence-corrected chi connectivity index (χ3v) is 4.59. The van der Waals surface area contributed by atoms with Gasteiger partial charge in [0.15, 0.2) is 0 Å². The van der Waals surface area contributed by atoms with E-state index in [1.54, 1.807) is 30.3 Å². The number of nitrogens with one attached hydrogen (secondary N) is 1. The first-order valence-electron chi connectivity index (χ1n) is 8.32. The number of hydrogen-bond donors (Lipinski definition) is 1. The van der Waals surface area contributed by atoms with Gasteiger partial charge in [0.2, 0.25) is 5.91 Å². The predicted octanol–water partition coefficient (Wildman–Crippen LogP) is 5.28. The van der Waals surface area contributed by atoms with Crippen molar-refractivity contribution in [2.24, 2.45) is 0 Å². The summed E-state index contributed by atoms with van der Waals surface area (Å²) in [5.41, 5.74) is 1.04. The van der Waals surface area contributed by atoms with Crippen LogP contribution in [0.1, 0.15) is 15.9 Å². The lowest BCUT2D eigenvalue weighted by Crippen LogP contribution is -2.21. The standard InChI is InChI=1S/C21H13F3N2O2/c1-2-18(27)25-16-10-11-17-19-14(16)4-3-5-15(19)20(28)26(17)13-8-6-12(7-9-13)21(22,23)24/h2-11H,1H2,(H,25,27). The van der Waals surface area contributed by atoms with Gasteiger partial charge < -0.3 is 5.32 Å². The third-order valence-electron chi connectivity index (χ3n) is 4.59. The fraction of sp³-hybridized carbons (Fsp3) is 0.0476. The summed E-state index contributed by atoms with van der Waals surface area (Å²) in [4.78, 5) is 26.0. The van der Waals surface area contributed by atoms with Crippen molar-refractivity contribution in [1.82, 2.24) is 0 Å². The highest BCUT2D eigenvalue weighted by Gasteiger charge is 2.33. The molecule has 1 aliphatic heterocycles. The molecule has 1 N–H and O–H groups in total. The van der Waals surface area contributed by atoms with Crippen LogP contribution >= 0.6 is 0 Å². The normalized spacial score (nSPS) is 13.1. The molecule has 0 saturated carbocycles. The highest BCUT2D eigenvalue weighted by Crippen LogP contribution is 2.44. The van der Waals surface area contributed by atoms with Crippen molar-refractivity contribution in [2.45, 2.75) is 6.18 Å². The van der Waals surface area contributed by atoms with E-state index in [1.807, 2.05) is 0 Å². The van der Waals surface area contributed by atoms with Crippen molar-refractivity contribution in [3.63, 3.8) is 0 Å². The van der Waals surface area contributed by atoms with Crippen LogP contribution in [0.4, 0.5) is 30.2 Å². The quantitative estimate of drug-likeness (QED) is 0.627. The van der Waals surface area contributed by atoms with Crippen molar-refractivity contribution in [3.05, 3.63) is 78.4 Å². The summed E-state index contributed by atoms with van der Waals surface area (Å²) >= 11 is 0. The molecular formula is C21H13F3N2O2. The van der Waals surface area contributed by atoms with Crippen LogP contribution in [0.15, 0.2) is 67.3 Å². The Morgan fingerprint density at radius 1 is 1.04 bits per heavy atom. The minimum Gasteiger partial charge on any atom is -0.322 e. The molecule has 4 nitrogen and oxygen atoms in total. The molecule has 28 heavy (non-hydrogen) atoms. The van der Waals surface area contributed by atoms with Crippen molar-refractivity contribution >= 4 is 39.6 Å². The maximum absolute atomic E-state index is 12.9. The molecule has 7 heteroatoms. The number of alkyl halides is 3. The molecule has 1 heterocycles. The van der Waals surface area contributed by atoms with E-state index in [4.69, 9.17) is 0 Å². The van der Waals surface area contributed by atoms with Crippen LogP contribution in [0.5, 0.6) is 0 Å². The number of nitrogens with zero attached hydrogens (tertiary/aromatic N) is 1. The number of carbonyl (C=O) groups is 2. The summed E-state index contributed by atoms with van der Waals surface area (Å²) < 4.78 is 38.5. The lowest BCUT2D eigenvalue weighted by molar-refractivity contribution is -0.137. The maximum Gasteiger partial charge on any atom is 0.416 e. The zero-order valence-electron chi connectivity index (χ0n) is 14.4. The molecule has 140 valence electrons. The zero-order chi connectivity index (χ0) is 20.1. The number of amides is 2. The lowest BCUT2D eigenvalue weighted by Gasteiger charge is -2.19. The average molecular weight is 382 g/mol. The first-order valence-corrected chi connectivity index (χ1v) is 8.32. The minimum atomic E-state index is -4.45. The molecule has 0 radical (unpaired) electrons. The molecule has 0 bridgehead atoms. The SMILES string of the molecule is C=CC(=O)Nc1ccc2c3c(cccc13)C(=O)N2c1ccc(C(F)(F)F)cc1. The fourth-order valence-corrected chi connectivity index (χ4v) is 3.33. The number of benzene rings is 3. The van der Waals surface area contributed by atoms with Crippen LogP contribution in [-0.2, 0) is 11.0 Å². The molecule has 0 unspecified atom stereocenters. The van der Waals surface area contributed by atoms with E-state index in [9.17, 15) is 22.8 Å². The van der Waals surface area contributed by atoms with Gasteiger partial charge in [-0.2, -0.15) is 13.2 Å². The summed E-state index contributed by atoms with van der Waals surface area (Å²) in [5.74, 6) is -0.725. The molecule has 0 saturated heterocycles. The molecule has 4 rings (SSSR count). The van der Waals surface area contributed by atoms with Crippen LogP contribution in [0.25, 0.3) is 10.8 Å². The average Bonchev–Trinajstić information content (AvgIpc) is 2.97. The van der Waals surface area contributed by atoms with Crippen molar-refractivity contribution in [2.75, 3.05) is 10.2 Å². The van der Waals surface area contributed by atoms with Crippen LogP contribution in [-0.4, -0.2) is 11.8 Å². The van der Waals surface area contributed by atoms with Gasteiger partial charge in [-0.15, -0.1) is 0 Å². The van der Waals surface area contributed by atoms with Gasteiger partial charge in [0.05, 0.1) is 16.8 Å². The topological polar surface area (TPSA) is 49.4 Å². The number of hydrogen-bond acceptors (Lipinski definition) is 2. The predicted molar refractivity (Wildman–Crippen MR) is 101 cm³/mol. The second-order valence-corrected chi connectivity index (χ2v) is 6.24. The Labute approximate surface area is 157 Å². The van der Waals surface area contributed by atoms with Gasteiger partial charge >= 0.3 is 6.18 Å². The van der Waals surface area contributed by atoms with E-state index < -0.39 is 11.7 Å². The lowest BCUT2D eigenvalue weighted by atomic mass is 10.0. The first-order chi connectivity index (χ1) is 13.3. The number of anilines is 3. The van der Waals surface area contributed by atoms with Crippen LogP contribution in [0.2, 0.25) is 0 Å². The smallest absolute Gasteiger partial charge is 0.322 e. The third kappa shape index (κ3) is 2.72. The first kappa shape index (κ1) is 17.8. The molecule has 0 aromatic heterocycles. The van der Waals surface area contributed by atoms with Gasteiger partial charge in [0.25, 0.3) is 5.91 Å². The maximum atomic E-state index is 12.9. The molecule has 3 aromatic rings. The second-order valence-electron chi connectivity index (χ2n) is 6.24. The summed E-state index contributed by atoms with van der Waals surface area (Å²) in [7, 11) is 0. The number of rotatable bonds is 3. The Hall–Kier alpha value is -3.61. The molecule has 3 aromatic carbocycles. The van der Waals surface area contributed by atoms with Crippen LogP contribution in [0.3, 0.4) is 0 Å². The van der Waals surface area contributed by atoms with E-state index in [2.05, 4.69) is 11.9 Å². The van der Waals surface area contributed by atoms with E-state index in [0.29, 0.717) is 33.4 Å². The summed E-state index contributed by atoms with van der Waals surface area (Å²) in [5, 5.41) is 3.99. The van der Waals surface area contributed by atoms with Gasteiger partial charge in [-0.05, 0) is 48.5 Å². The Morgan fingerprint density at radius 3 is 2.39 bits per heavy atom. The van der Waals surface area contributed by atoms with Gasteiger partial charge in [-0.3, -0.25) is 14.5 Å². The number of halogens is 3. The monoisotopic (exact) mass is 382 g/mol. The molecular weight excluding hydrogens is 369 g/mol. The number of carbonyl (C=O) groups excluding carboxylic acids is 2. The summed E-state index contributed by atoms with van der Waals surface area (Å²) in [6.07, 6.45) is -3.31. The molecule has 2 amide bonds. The van der Waals surface area contributed by atoms with Crippen molar-refractivity contribution < 1.29 is 22.8 Å². The highest BCUT2D eigenvalue weighted by molar-refractivity contribution is 6.29. The van der Waals surface area contributed by atoms with Gasteiger partial charge in [0.1, 0.15) is 0 Å². The molecule has 0 atom stereocenters. The van der Waals surface area contributed by atoms with E-state index >= 15 is 0 Å². The largest absolute Gasteiger partial charge is 0.416 e. The van der Waals surface area contributed by atoms with Gasteiger partial charge in [0, 0.05) is 22.1 Å². The second kappa shape index (κ2) is 6.23. The minimum absolute atomic E-state index is 0.332. The zero-order valence-corrected chi connectivity index (χ0v) is 14.4. The van der Waals surface area contributed by atoms with Crippen LogP contribution in [0, 0.1) is 0 Å². The van der Waals surface area contributed by atoms with Gasteiger partial charge in [-0.25, -0.2) is 0 Å². The summed E-state index contributed by atoms with van der Waals surface area (Å²) in [6, 6.07) is 12.9. The Kier molecular flexibility index (Phi) is 3.96.